The zero-order valence-corrected chi connectivity index (χ0v) is 93.8. The fraction of sp³-hybridized carbons (Fsp3) is 0.946. The maximum Gasteiger partial charge on any atom is 0.137 e. The third-order valence-electron chi connectivity index (χ3n) is 53.2. The highest BCUT2D eigenvalue weighted by Crippen LogP contribution is 2.77. The monoisotopic (exact) mass is 1990 g/mol. The number of Topliss-reactive ketones (excluding diaryl/α,β-unsaturated/α-hetero) is 7. The molecule has 24 aliphatic carbocycles. The molecule has 0 spiro atoms. The molecule has 0 aromatic heterocycles. The topological polar surface area (TPSA) is 261 Å². The summed E-state index contributed by atoms with van der Waals surface area (Å²) in [4.78, 5) is 86.8. The van der Waals surface area contributed by atoms with E-state index in [1.807, 2.05) is 20.8 Å². The number of hydrogen-bond acceptors (Lipinski definition) is 14. The Hall–Kier alpha value is -2.59. The van der Waals surface area contributed by atoms with E-state index < -0.39 is 64.3 Å². The average molecular weight is 1990 g/mol. The second-order valence-electron chi connectivity index (χ2n) is 59.8. The maximum absolute atomic E-state index is 13.3. The van der Waals surface area contributed by atoms with E-state index in [4.69, 9.17) is 6.85 Å². The summed E-state index contributed by atoms with van der Waals surface area (Å²) in [5.41, 5.74) is -2.24. The Bertz CT molecular complexity index is 5090. The highest BCUT2D eigenvalue weighted by atomic mass is 16.3. The van der Waals surface area contributed by atoms with Gasteiger partial charge in [0, 0.05) is 56.0 Å². The molecule has 0 saturated heterocycles. The van der Waals surface area contributed by atoms with Crippen molar-refractivity contribution >= 4 is 40.5 Å². The molecule has 0 amide bonds. The molecule has 0 bridgehead atoms. The van der Waals surface area contributed by atoms with Gasteiger partial charge in [-0.15, -0.1) is 0 Å². The lowest BCUT2D eigenvalue weighted by atomic mass is 9.44. The van der Waals surface area contributed by atoms with Crippen molar-refractivity contribution in [1.82, 2.24) is 0 Å². The van der Waals surface area contributed by atoms with E-state index in [-0.39, 0.29) is 136 Å². The van der Waals surface area contributed by atoms with Gasteiger partial charge in [0.15, 0.2) is 0 Å². The minimum Gasteiger partial charge on any atom is -0.393 e. The first-order valence-electron chi connectivity index (χ1n) is 64.2. The molecule has 14 heteroatoms. The lowest BCUT2D eigenvalue weighted by molar-refractivity contribution is -0.178. The number of aliphatic hydroxyl groups is 7. The Morgan fingerprint density at radius 1 is 0.252 bits per heavy atom. The molecule has 0 aliphatic heterocycles. The van der Waals surface area contributed by atoms with Crippen LogP contribution in [0.25, 0.3) is 0 Å². The molecular weight excluding hydrogens is 1770 g/mol. The fourth-order valence-corrected chi connectivity index (χ4v) is 45.7. The normalized spacial score (nSPS) is 61.2. The summed E-state index contributed by atoms with van der Waals surface area (Å²) in [5.74, 6) is 8.63. The van der Waals surface area contributed by atoms with E-state index in [0.29, 0.717) is 194 Å². The van der Waals surface area contributed by atoms with Gasteiger partial charge < -0.3 is 35.7 Å². The summed E-state index contributed by atoms with van der Waals surface area (Å²) >= 11 is 0. The molecular formula is C129H208O14. The summed E-state index contributed by atoms with van der Waals surface area (Å²) in [7, 11) is 0. The van der Waals surface area contributed by atoms with Crippen LogP contribution in [0.5, 0.6) is 0 Å². The first-order chi connectivity index (χ1) is 69.7. The number of hydrogen-bond donors (Lipinski definition) is 7. The van der Waals surface area contributed by atoms with Crippen LogP contribution in [-0.4, -0.2) is 117 Å². The lowest BCUT2D eigenvalue weighted by Gasteiger charge is -2.62. The highest BCUT2D eigenvalue weighted by molar-refractivity contribution is 5.87. The third-order valence-corrected chi connectivity index (χ3v) is 53.2. The molecule has 808 valence electrons. The summed E-state index contributed by atoms with van der Waals surface area (Å²) in [6.45, 7) is 43.6. The number of ketones is 7. The van der Waals surface area contributed by atoms with Crippen molar-refractivity contribution < 1.29 is 80.3 Å². The summed E-state index contributed by atoms with van der Waals surface area (Å²) in [6.07, 6.45) is 44.4. The first-order valence-corrected chi connectivity index (χ1v) is 60.2. The van der Waals surface area contributed by atoms with Gasteiger partial charge >= 0.3 is 0 Å². The van der Waals surface area contributed by atoms with Crippen molar-refractivity contribution in [3.63, 3.8) is 0 Å². The van der Waals surface area contributed by atoms with Crippen molar-refractivity contribution in [2.45, 2.75) is 520 Å². The molecule has 0 radical (unpaired) electrons. The number of carbonyl (C=O) groups excluding carboxylic acids is 7. The van der Waals surface area contributed by atoms with Crippen molar-refractivity contribution in [3.05, 3.63) is 0 Å². The Balaban J connectivity index is 0.000000114. The Labute approximate surface area is 878 Å². The van der Waals surface area contributed by atoms with Crippen LogP contribution in [0, 0.1) is 242 Å². The van der Waals surface area contributed by atoms with Crippen LogP contribution in [0.2, 0.25) is 0 Å². The second-order valence-corrected chi connectivity index (χ2v) is 59.8. The number of carbonyl (C=O) groups is 7. The van der Waals surface area contributed by atoms with Crippen molar-refractivity contribution in [1.29, 1.82) is 0 Å². The molecule has 1 unspecified atom stereocenters. The minimum atomic E-state index is -1.31. The molecule has 0 aromatic carbocycles. The van der Waals surface area contributed by atoms with Gasteiger partial charge in [-0.3, -0.25) is 33.6 Å². The molecule has 143 heavy (non-hydrogen) atoms. The van der Waals surface area contributed by atoms with E-state index in [0.717, 1.165) is 238 Å². The zero-order chi connectivity index (χ0) is 110. The van der Waals surface area contributed by atoms with E-state index in [9.17, 15) is 73.4 Å². The van der Waals surface area contributed by atoms with E-state index in [1.54, 1.807) is 41.5 Å². The largest absolute Gasteiger partial charge is 0.393 e. The molecule has 24 saturated carbocycles. The fourth-order valence-electron chi connectivity index (χ4n) is 45.7. The van der Waals surface area contributed by atoms with Gasteiger partial charge in [0.2, 0.25) is 0 Å². The number of rotatable bonds is 6. The second kappa shape index (κ2) is 38.8. The molecule has 14 nitrogen and oxygen atoms in total. The SMILES string of the molecule is [2H][C@@]1(O)CC[C@@]2(C)[C@@H](CC[C@H]3[C@@H]4CC[C@H](C(C)=O)[C@@]4(C)CC(=O)[C@@H]32)C1.[2H][C@@]1(O)CC[C@@]2(C)[C@@H](CC[C@H]3[C@@H]4CC[C@H](C(C)=O)[C@@]4(C)CC(O)[C@@H]32)C1.[2H][C@@]12CC[C@H]3[C@@H]4CC[C@H](C(C)=O)[C@@]4(C)CC[C@@H]3[C@@]1(C)CC[C@@](C)(O)C2.[2H][C@@]12CC[C@H]3[C@@H]4CC[C@]([2H])(C(C)=O)[C@@]4(C)CC[C@@H]3[C@@]1(C)CC[C@@](C)(O)C2.[2H][C@@]12CC[C@H]3[C@@H]4CC[C@]([2H])(C(C)=O)[C@@]4(C)CC[C@@H]3[C@@]1(C)CC[C@@](C)(O)C2.[2H][C@]12CC[C@H]3[C@@H]4CC[C@H](C(C)=O)[C@@]4(C)CC[C@@H]3[C@@]1(C)CC[C@@H](O)C2. The lowest BCUT2D eigenvalue weighted by Crippen LogP contribution is -2.59. The van der Waals surface area contributed by atoms with Crippen LogP contribution in [0.15, 0.2) is 0 Å². The van der Waals surface area contributed by atoms with Gasteiger partial charge in [-0.1, -0.05) is 83.1 Å². The van der Waals surface area contributed by atoms with Gasteiger partial charge in [-0.2, -0.15) is 0 Å². The van der Waals surface area contributed by atoms with Gasteiger partial charge in [-0.05, 0) is 591 Å². The molecule has 24 aliphatic rings. The van der Waals surface area contributed by atoms with E-state index in [2.05, 4.69) is 83.1 Å². The quantitative estimate of drug-likeness (QED) is 0.130. The maximum atomic E-state index is 13.3. The van der Waals surface area contributed by atoms with Crippen LogP contribution in [-0.2, 0) is 33.6 Å². The van der Waals surface area contributed by atoms with Crippen LogP contribution in [0.1, 0.15) is 490 Å². The first kappa shape index (κ1) is 98.5. The minimum absolute atomic E-state index is 0.0330. The smallest absolute Gasteiger partial charge is 0.137 e. The predicted octanol–water partition coefficient (Wildman–Crippen LogP) is 26.9. The van der Waals surface area contributed by atoms with Crippen molar-refractivity contribution in [3.8, 4) is 0 Å². The van der Waals surface area contributed by atoms with E-state index >= 15 is 0 Å². The standard InChI is InChI=1S/3C22H36O2.C21H34O3.C21H32O3.C21H34O2/c3*1-14(23)17-7-8-18-16-6-5-15-13-20(2,24)11-12-21(15,3)19(16)9-10-22(17,18)4;2*1-12(22)16-6-7-17-15-5-4-13-10-14(23)8-9-20(13,2)19(15)18(24)11-21(16,17)3;1-13(22)17-6-7-18-16-5-4-14-12-15(23)8-10-20(14,2)19(16)9-11-21(17,18)3/h3*15-19,24H,5-13H2,1-4H3;13-19,23-24H,4-11H2,1-3H3;13-17,19,23H,4-11H2,1-3H3;14-19,23H,4-12H2,1-3H3/t3*15-,16-,17+,18-,19-,20+,21-,22+;13-,14+,15-,16+,17-,18?,19+,20-,21+;13-,14+,15-,16+,17-,19+,20-,21+;14-,15-,16+,17-,18+,19+,20+,21-/m000001/s1/i2*15D,17D;15D;3*14D. The zero-order valence-electron chi connectivity index (χ0n) is 102. The van der Waals surface area contributed by atoms with Gasteiger partial charge in [0.25, 0.3) is 0 Å². The number of aliphatic hydroxyl groups excluding tert-OH is 2. The van der Waals surface area contributed by atoms with Crippen LogP contribution in [0.3, 0.4) is 0 Å². The van der Waals surface area contributed by atoms with Crippen molar-refractivity contribution in [2.75, 3.05) is 0 Å². The van der Waals surface area contributed by atoms with Crippen LogP contribution < -0.4 is 0 Å². The summed E-state index contributed by atoms with van der Waals surface area (Å²) in [6, 6.07) is 0. The third kappa shape index (κ3) is 18.1. The summed E-state index contributed by atoms with van der Waals surface area (Å²) < 4.78 is 71.1. The number of fused-ring (bicyclic) bond motifs is 30. The van der Waals surface area contributed by atoms with Gasteiger partial charge in [0.05, 0.1) is 43.9 Å². The Kier molecular flexibility index (Phi) is 26.7. The Morgan fingerprint density at radius 2 is 0.545 bits per heavy atom. The van der Waals surface area contributed by atoms with Crippen molar-refractivity contribution in [2.24, 2.45) is 242 Å². The summed E-state index contributed by atoms with van der Waals surface area (Å²) in [5, 5.41) is 73.7. The van der Waals surface area contributed by atoms with Crippen LogP contribution in [0.4, 0.5) is 0 Å². The highest BCUT2D eigenvalue weighted by Gasteiger charge is 2.71. The molecule has 7 N–H and O–H groups in total. The molecule has 0 heterocycles. The molecule has 49 atom stereocenters. The van der Waals surface area contributed by atoms with E-state index in [1.165, 1.54) is 25.7 Å². The van der Waals surface area contributed by atoms with Gasteiger partial charge in [0.1, 0.15) is 40.5 Å². The van der Waals surface area contributed by atoms with Crippen LogP contribution >= 0.6 is 0 Å². The molecule has 24 rings (SSSR count). The molecule has 24 fully saturated rings. The predicted molar refractivity (Wildman–Crippen MR) is 567 cm³/mol. The Morgan fingerprint density at radius 3 is 0.937 bits per heavy atom. The molecule has 0 aromatic rings. The van der Waals surface area contributed by atoms with Gasteiger partial charge in [-0.25, -0.2) is 0 Å². The average Bonchev–Trinajstić information content (AvgIpc) is 1.63.